The first-order chi connectivity index (χ1) is 8.34. The summed E-state index contributed by atoms with van der Waals surface area (Å²) in [6.07, 6.45) is -4.08. The molecule has 0 saturated carbocycles. The molecule has 0 aliphatic rings. The highest BCUT2D eigenvalue weighted by molar-refractivity contribution is 5.97. The number of benzene rings is 1. The van der Waals surface area contributed by atoms with E-state index in [-0.39, 0.29) is 5.69 Å². The molecule has 0 aliphatic carbocycles. The summed E-state index contributed by atoms with van der Waals surface area (Å²) in [5.41, 5.74) is -0.0340. The summed E-state index contributed by atoms with van der Waals surface area (Å²) in [7, 11) is 0. The van der Waals surface area contributed by atoms with E-state index in [4.69, 9.17) is 5.11 Å². The minimum atomic E-state index is -4.43. The van der Waals surface area contributed by atoms with Crippen molar-refractivity contribution in [3.05, 3.63) is 35.0 Å². The number of aromatic nitrogens is 1. The Balaban J connectivity index is 2.72. The fourth-order valence-electron chi connectivity index (χ4n) is 1.97. The van der Waals surface area contributed by atoms with Gasteiger partial charge in [-0.15, -0.1) is 0 Å². The quantitative estimate of drug-likeness (QED) is 0.865. The van der Waals surface area contributed by atoms with E-state index in [0.29, 0.717) is 22.9 Å². The Kier molecular flexibility index (Phi) is 2.80. The largest absolute Gasteiger partial charge is 0.477 e. The van der Waals surface area contributed by atoms with Gasteiger partial charge in [-0.1, -0.05) is 6.92 Å². The van der Waals surface area contributed by atoms with E-state index in [1.807, 2.05) is 0 Å². The van der Waals surface area contributed by atoms with Gasteiger partial charge in [-0.05, 0) is 30.2 Å². The smallest absolute Gasteiger partial charge is 0.416 e. The highest BCUT2D eigenvalue weighted by atomic mass is 19.4. The molecule has 0 amide bonds. The lowest BCUT2D eigenvalue weighted by Crippen LogP contribution is -2.04. The van der Waals surface area contributed by atoms with Crippen molar-refractivity contribution in [1.29, 1.82) is 0 Å². The monoisotopic (exact) mass is 257 g/mol. The van der Waals surface area contributed by atoms with E-state index in [9.17, 15) is 18.0 Å². The van der Waals surface area contributed by atoms with Crippen molar-refractivity contribution in [2.75, 3.05) is 0 Å². The second-order valence-electron chi connectivity index (χ2n) is 3.90. The Labute approximate surface area is 100 Å². The molecule has 0 spiro atoms. The fourth-order valence-corrected chi connectivity index (χ4v) is 1.97. The molecule has 3 nitrogen and oxygen atoms in total. The van der Waals surface area contributed by atoms with Crippen molar-refractivity contribution >= 4 is 16.9 Å². The number of carboxylic acid groups (broad SMARTS) is 1. The van der Waals surface area contributed by atoms with Crippen molar-refractivity contribution in [1.82, 2.24) is 4.98 Å². The Morgan fingerprint density at radius 3 is 2.56 bits per heavy atom. The number of aromatic carboxylic acids is 1. The number of hydrogen-bond donors (Lipinski definition) is 2. The van der Waals surface area contributed by atoms with Crippen LogP contribution in [0.3, 0.4) is 0 Å². The number of carbonyl (C=O) groups is 1. The van der Waals surface area contributed by atoms with E-state index >= 15 is 0 Å². The second-order valence-corrected chi connectivity index (χ2v) is 3.90. The zero-order valence-electron chi connectivity index (χ0n) is 9.43. The molecule has 2 aromatic rings. The summed E-state index contributed by atoms with van der Waals surface area (Å²) in [6, 6.07) is 3.17. The van der Waals surface area contributed by atoms with Crippen LogP contribution in [0.4, 0.5) is 13.2 Å². The summed E-state index contributed by atoms with van der Waals surface area (Å²) in [5.74, 6) is -1.17. The van der Waals surface area contributed by atoms with Crippen LogP contribution in [0.1, 0.15) is 28.5 Å². The first-order valence-corrected chi connectivity index (χ1v) is 5.29. The van der Waals surface area contributed by atoms with Gasteiger partial charge in [0.15, 0.2) is 0 Å². The zero-order chi connectivity index (χ0) is 13.5. The van der Waals surface area contributed by atoms with Crippen LogP contribution in [0.15, 0.2) is 18.2 Å². The van der Waals surface area contributed by atoms with E-state index in [2.05, 4.69) is 4.98 Å². The third-order valence-electron chi connectivity index (χ3n) is 2.80. The highest BCUT2D eigenvalue weighted by Gasteiger charge is 2.31. The number of alkyl halides is 3. The molecule has 1 heterocycles. The van der Waals surface area contributed by atoms with Crippen LogP contribution < -0.4 is 0 Å². The molecule has 2 N–H and O–H groups in total. The average Bonchev–Trinajstić information content (AvgIpc) is 2.65. The first-order valence-electron chi connectivity index (χ1n) is 5.29. The predicted molar refractivity (Wildman–Crippen MR) is 59.6 cm³/mol. The summed E-state index contributed by atoms with van der Waals surface area (Å²) in [6.45, 7) is 1.70. The second kappa shape index (κ2) is 4.04. The van der Waals surface area contributed by atoms with Gasteiger partial charge in [0.25, 0.3) is 0 Å². The molecule has 18 heavy (non-hydrogen) atoms. The molecule has 6 heteroatoms. The standard InChI is InChI=1S/C12H10F3NO2/c1-2-7-8-5-6(12(13,14)15)3-4-9(8)16-10(7)11(17)18/h3-5,16H,2H2,1H3,(H,17,18). The van der Waals surface area contributed by atoms with Crippen molar-refractivity contribution in [2.45, 2.75) is 19.5 Å². The summed E-state index contributed by atoms with van der Waals surface area (Å²) in [4.78, 5) is 13.6. The number of aromatic amines is 1. The molecular weight excluding hydrogens is 247 g/mol. The van der Waals surface area contributed by atoms with Crippen LogP contribution in [0.25, 0.3) is 10.9 Å². The van der Waals surface area contributed by atoms with Crippen LogP contribution in [0, 0.1) is 0 Å². The van der Waals surface area contributed by atoms with Crippen LogP contribution in [-0.4, -0.2) is 16.1 Å². The molecule has 96 valence electrons. The van der Waals surface area contributed by atoms with Gasteiger partial charge < -0.3 is 10.1 Å². The van der Waals surface area contributed by atoms with E-state index in [1.54, 1.807) is 6.92 Å². The third kappa shape index (κ3) is 1.94. The molecule has 1 aromatic heterocycles. The molecule has 0 atom stereocenters. The van der Waals surface area contributed by atoms with Crippen LogP contribution in [0.5, 0.6) is 0 Å². The van der Waals surface area contributed by atoms with Gasteiger partial charge in [0, 0.05) is 10.9 Å². The summed E-state index contributed by atoms with van der Waals surface area (Å²) in [5, 5.41) is 9.28. The molecule has 0 saturated heterocycles. The molecule has 0 fully saturated rings. The van der Waals surface area contributed by atoms with Gasteiger partial charge >= 0.3 is 12.1 Å². The Morgan fingerprint density at radius 2 is 2.06 bits per heavy atom. The first kappa shape index (κ1) is 12.5. The SMILES string of the molecule is CCc1c(C(=O)O)[nH]c2ccc(C(F)(F)F)cc12. The van der Waals surface area contributed by atoms with Gasteiger partial charge in [0.05, 0.1) is 5.56 Å². The van der Waals surface area contributed by atoms with Crippen molar-refractivity contribution in [3.63, 3.8) is 0 Å². The predicted octanol–water partition coefficient (Wildman–Crippen LogP) is 3.45. The zero-order valence-corrected chi connectivity index (χ0v) is 9.43. The number of fused-ring (bicyclic) bond motifs is 1. The summed E-state index contributed by atoms with van der Waals surface area (Å²) < 4.78 is 37.8. The van der Waals surface area contributed by atoms with Crippen molar-refractivity contribution < 1.29 is 23.1 Å². The lowest BCUT2D eigenvalue weighted by Gasteiger charge is -2.06. The van der Waals surface area contributed by atoms with Gasteiger partial charge in [-0.3, -0.25) is 0 Å². The number of carboxylic acids is 1. The minimum Gasteiger partial charge on any atom is -0.477 e. The van der Waals surface area contributed by atoms with Gasteiger partial charge in [-0.2, -0.15) is 13.2 Å². The van der Waals surface area contributed by atoms with Crippen molar-refractivity contribution in [3.8, 4) is 0 Å². The molecule has 1 aromatic carbocycles. The van der Waals surface area contributed by atoms with Crippen molar-refractivity contribution in [2.24, 2.45) is 0 Å². The van der Waals surface area contributed by atoms with Crippen LogP contribution in [0.2, 0.25) is 0 Å². The topological polar surface area (TPSA) is 53.1 Å². The maximum atomic E-state index is 12.6. The van der Waals surface area contributed by atoms with Gasteiger partial charge in [-0.25, -0.2) is 4.79 Å². The number of halogens is 3. The Morgan fingerprint density at radius 1 is 1.39 bits per heavy atom. The van der Waals surface area contributed by atoms with Gasteiger partial charge in [0.1, 0.15) is 5.69 Å². The molecule has 0 unspecified atom stereocenters. The minimum absolute atomic E-state index is 0.0492. The van der Waals surface area contributed by atoms with E-state index < -0.39 is 17.7 Å². The number of rotatable bonds is 2. The molecule has 2 rings (SSSR count). The maximum absolute atomic E-state index is 12.6. The summed E-state index contributed by atoms with van der Waals surface area (Å²) >= 11 is 0. The van der Waals surface area contributed by atoms with Gasteiger partial charge in [0.2, 0.25) is 0 Å². The lowest BCUT2D eigenvalue weighted by atomic mass is 10.1. The molecular formula is C12H10F3NO2. The average molecular weight is 257 g/mol. The maximum Gasteiger partial charge on any atom is 0.416 e. The normalized spacial score (nSPS) is 12.0. The number of nitrogens with one attached hydrogen (secondary N) is 1. The fraction of sp³-hybridized carbons (Fsp3) is 0.250. The third-order valence-corrected chi connectivity index (χ3v) is 2.80. The number of aryl methyl sites for hydroxylation is 1. The number of hydrogen-bond acceptors (Lipinski definition) is 1. The van der Waals surface area contributed by atoms with Crippen LogP contribution >= 0.6 is 0 Å². The molecule has 0 aliphatic heterocycles. The Hall–Kier alpha value is -1.98. The molecule has 0 bridgehead atoms. The van der Waals surface area contributed by atoms with E-state index in [1.165, 1.54) is 6.07 Å². The lowest BCUT2D eigenvalue weighted by molar-refractivity contribution is -0.137. The molecule has 0 radical (unpaired) electrons. The Bertz CT molecular complexity index is 614. The van der Waals surface area contributed by atoms with Crippen LogP contribution in [-0.2, 0) is 12.6 Å². The highest BCUT2D eigenvalue weighted by Crippen LogP contribution is 2.33. The number of H-pyrrole nitrogens is 1. The van der Waals surface area contributed by atoms with E-state index in [0.717, 1.165) is 12.1 Å².